The van der Waals surface area contributed by atoms with Crippen molar-refractivity contribution in [3.05, 3.63) is 12.2 Å². The first-order valence-corrected chi connectivity index (χ1v) is 10.0. The van der Waals surface area contributed by atoms with Crippen molar-refractivity contribution in [2.75, 3.05) is 0 Å². The van der Waals surface area contributed by atoms with Crippen molar-refractivity contribution < 1.29 is 13.9 Å². The molecule has 0 saturated heterocycles. The minimum Gasteiger partial charge on any atom is -0.377 e. The average molecular weight is 348 g/mol. The SMILES string of the molecule is CC#C[C@]1(O)CC[C@H]2[C@@H]3CCC4C=CCC[C@@H]4[C@H]3[C@@H](C(F)F)C[C@@]21C. The molecule has 4 aliphatic carbocycles. The Kier molecular flexibility index (Phi) is 4.27. The maximum absolute atomic E-state index is 14.2. The number of rotatable bonds is 1. The molecule has 3 fully saturated rings. The fourth-order valence-corrected chi connectivity index (χ4v) is 7.28. The molecular formula is C22H30F2O. The first kappa shape index (κ1) is 17.5. The highest BCUT2D eigenvalue weighted by molar-refractivity contribution is 5.26. The summed E-state index contributed by atoms with van der Waals surface area (Å²) in [6.45, 7) is 3.79. The molecule has 0 spiro atoms. The Morgan fingerprint density at radius 2 is 1.96 bits per heavy atom. The Hall–Kier alpha value is -0.880. The third kappa shape index (κ3) is 2.43. The van der Waals surface area contributed by atoms with Gasteiger partial charge >= 0.3 is 0 Å². The second kappa shape index (κ2) is 6.08. The lowest BCUT2D eigenvalue weighted by atomic mass is 9.47. The van der Waals surface area contributed by atoms with Gasteiger partial charge in [0, 0.05) is 11.3 Å². The van der Waals surface area contributed by atoms with Gasteiger partial charge in [-0.25, -0.2) is 8.78 Å². The van der Waals surface area contributed by atoms with Crippen molar-refractivity contribution in [1.82, 2.24) is 0 Å². The van der Waals surface area contributed by atoms with Gasteiger partial charge < -0.3 is 5.11 Å². The number of fused-ring (bicyclic) bond motifs is 5. The Balaban J connectivity index is 1.74. The number of halogens is 2. The van der Waals surface area contributed by atoms with E-state index in [-0.39, 0.29) is 5.92 Å². The van der Waals surface area contributed by atoms with Crippen molar-refractivity contribution in [2.24, 2.45) is 40.9 Å². The van der Waals surface area contributed by atoms with E-state index >= 15 is 0 Å². The Bertz CT molecular complexity index is 617. The molecule has 0 aromatic rings. The quantitative estimate of drug-likeness (QED) is 0.519. The highest BCUT2D eigenvalue weighted by Gasteiger charge is 2.65. The third-order valence-corrected chi connectivity index (χ3v) is 8.33. The normalized spacial score (nSPS) is 51.3. The fraction of sp³-hybridized carbons (Fsp3) is 0.818. The van der Waals surface area contributed by atoms with E-state index in [1.807, 2.05) is 6.92 Å². The van der Waals surface area contributed by atoms with Gasteiger partial charge in [-0.1, -0.05) is 25.0 Å². The summed E-state index contributed by atoms with van der Waals surface area (Å²) in [5.74, 6) is 7.01. The van der Waals surface area contributed by atoms with Crippen LogP contribution in [0.5, 0.6) is 0 Å². The highest BCUT2D eigenvalue weighted by Crippen LogP contribution is 2.67. The molecule has 1 N–H and O–H groups in total. The van der Waals surface area contributed by atoms with E-state index in [0.717, 1.165) is 32.1 Å². The maximum Gasteiger partial charge on any atom is 0.241 e. The van der Waals surface area contributed by atoms with E-state index in [1.54, 1.807) is 6.92 Å². The second-order valence-electron chi connectivity index (χ2n) is 9.15. The minimum atomic E-state index is -2.30. The summed E-state index contributed by atoms with van der Waals surface area (Å²) in [5, 5.41) is 11.2. The van der Waals surface area contributed by atoms with Crippen molar-refractivity contribution in [2.45, 2.75) is 70.8 Å². The van der Waals surface area contributed by atoms with Crippen LogP contribution in [-0.4, -0.2) is 17.1 Å². The lowest BCUT2D eigenvalue weighted by Crippen LogP contribution is -2.57. The molecule has 8 atom stereocenters. The zero-order valence-electron chi connectivity index (χ0n) is 15.3. The van der Waals surface area contributed by atoms with Crippen LogP contribution in [-0.2, 0) is 0 Å². The predicted molar refractivity (Wildman–Crippen MR) is 94.9 cm³/mol. The van der Waals surface area contributed by atoms with Gasteiger partial charge in [-0.15, -0.1) is 5.92 Å². The van der Waals surface area contributed by atoms with Crippen molar-refractivity contribution in [3.8, 4) is 11.8 Å². The zero-order chi connectivity index (χ0) is 17.8. The summed E-state index contributed by atoms with van der Waals surface area (Å²) in [4.78, 5) is 0. The summed E-state index contributed by atoms with van der Waals surface area (Å²) in [7, 11) is 0. The van der Waals surface area contributed by atoms with Crippen molar-refractivity contribution in [3.63, 3.8) is 0 Å². The van der Waals surface area contributed by atoms with Gasteiger partial charge in [-0.05, 0) is 81.5 Å². The van der Waals surface area contributed by atoms with Crippen LogP contribution in [0.25, 0.3) is 0 Å². The van der Waals surface area contributed by atoms with Crippen LogP contribution in [0, 0.1) is 52.8 Å². The number of allylic oxidation sites excluding steroid dienone is 2. The van der Waals surface area contributed by atoms with Crippen LogP contribution in [0.2, 0.25) is 0 Å². The van der Waals surface area contributed by atoms with Gasteiger partial charge in [0.1, 0.15) is 5.60 Å². The van der Waals surface area contributed by atoms with E-state index in [4.69, 9.17) is 0 Å². The molecule has 0 heterocycles. The largest absolute Gasteiger partial charge is 0.377 e. The van der Waals surface area contributed by atoms with Crippen LogP contribution in [0.4, 0.5) is 8.78 Å². The minimum absolute atomic E-state index is 0.124. The molecule has 0 bridgehead atoms. The summed E-state index contributed by atoms with van der Waals surface area (Å²) in [6.07, 6.45) is 8.52. The molecule has 0 aromatic heterocycles. The smallest absolute Gasteiger partial charge is 0.241 e. The molecule has 4 rings (SSSR count). The predicted octanol–water partition coefficient (Wildman–Crippen LogP) is 5.05. The molecule has 0 radical (unpaired) electrons. The molecule has 25 heavy (non-hydrogen) atoms. The van der Waals surface area contributed by atoms with E-state index in [1.165, 1.54) is 0 Å². The van der Waals surface area contributed by atoms with Crippen molar-refractivity contribution in [1.29, 1.82) is 0 Å². The molecule has 138 valence electrons. The lowest BCUT2D eigenvalue weighted by molar-refractivity contribution is -0.155. The number of alkyl halides is 2. The van der Waals surface area contributed by atoms with Gasteiger partial charge in [-0.3, -0.25) is 0 Å². The molecule has 0 aliphatic heterocycles. The first-order chi connectivity index (χ1) is 11.9. The standard InChI is InChI=1S/C22H30F2O/c1-3-11-22(25)12-10-18-16-9-8-14-6-4-5-7-15(14)19(16)17(20(23)24)13-21(18,22)2/h4,6,14-20,25H,5,7-10,12-13H2,1-2H3/t14?,15-,16-,17-,18-,19+,21-,22-/m0/s1. The van der Waals surface area contributed by atoms with E-state index in [2.05, 4.69) is 24.0 Å². The van der Waals surface area contributed by atoms with Crippen LogP contribution >= 0.6 is 0 Å². The van der Waals surface area contributed by atoms with E-state index in [0.29, 0.717) is 36.5 Å². The molecule has 3 saturated carbocycles. The lowest BCUT2D eigenvalue weighted by Gasteiger charge is -2.58. The second-order valence-corrected chi connectivity index (χ2v) is 9.15. The van der Waals surface area contributed by atoms with E-state index < -0.39 is 23.4 Å². The summed E-state index contributed by atoms with van der Waals surface area (Å²) >= 11 is 0. The topological polar surface area (TPSA) is 20.2 Å². The molecule has 3 heteroatoms. The molecule has 1 nitrogen and oxygen atoms in total. The summed E-state index contributed by atoms with van der Waals surface area (Å²) in [6, 6.07) is 0. The maximum atomic E-state index is 14.2. The monoisotopic (exact) mass is 348 g/mol. The van der Waals surface area contributed by atoms with Crippen LogP contribution in [0.3, 0.4) is 0 Å². The summed E-state index contributed by atoms with van der Waals surface area (Å²) < 4.78 is 28.4. The molecular weight excluding hydrogens is 318 g/mol. The van der Waals surface area contributed by atoms with Crippen LogP contribution in [0.15, 0.2) is 12.2 Å². The average Bonchev–Trinajstić information content (AvgIpc) is 2.85. The van der Waals surface area contributed by atoms with Crippen LogP contribution in [0.1, 0.15) is 58.8 Å². The summed E-state index contributed by atoms with van der Waals surface area (Å²) in [5.41, 5.74) is -1.58. The van der Waals surface area contributed by atoms with Crippen LogP contribution < -0.4 is 0 Å². The van der Waals surface area contributed by atoms with Gasteiger partial charge in [0.2, 0.25) is 6.43 Å². The number of aliphatic hydroxyl groups is 1. The van der Waals surface area contributed by atoms with Gasteiger partial charge in [0.05, 0.1) is 0 Å². The van der Waals surface area contributed by atoms with Gasteiger partial charge in [0.25, 0.3) is 0 Å². The number of hydrogen-bond acceptors (Lipinski definition) is 1. The molecule has 1 unspecified atom stereocenters. The highest BCUT2D eigenvalue weighted by atomic mass is 19.3. The Morgan fingerprint density at radius 3 is 2.68 bits per heavy atom. The Morgan fingerprint density at radius 1 is 1.16 bits per heavy atom. The number of hydrogen-bond donors (Lipinski definition) is 1. The van der Waals surface area contributed by atoms with E-state index in [9.17, 15) is 13.9 Å². The van der Waals surface area contributed by atoms with Gasteiger partial charge in [0.15, 0.2) is 0 Å². The molecule has 0 amide bonds. The Labute approximate surface area is 150 Å². The third-order valence-electron chi connectivity index (χ3n) is 8.33. The fourth-order valence-electron chi connectivity index (χ4n) is 7.28. The molecule has 0 aromatic carbocycles. The molecule has 4 aliphatic rings. The zero-order valence-corrected chi connectivity index (χ0v) is 15.3. The van der Waals surface area contributed by atoms with Crippen molar-refractivity contribution >= 4 is 0 Å². The van der Waals surface area contributed by atoms with Gasteiger partial charge in [-0.2, -0.15) is 0 Å². The first-order valence-electron chi connectivity index (χ1n) is 10.0.